The maximum Gasteiger partial charge on any atom is 0.298 e. The van der Waals surface area contributed by atoms with Gasteiger partial charge in [0.2, 0.25) is 0 Å². The third-order valence-electron chi connectivity index (χ3n) is 6.58. The Labute approximate surface area is 225 Å². The Balaban J connectivity index is 2.09. The van der Waals surface area contributed by atoms with Gasteiger partial charge in [0, 0.05) is 12.7 Å². The number of hydrogen-bond donors (Lipinski definition) is 5. The summed E-state index contributed by atoms with van der Waals surface area (Å²) in [4.78, 5) is 32.1. The number of benzene rings is 1. The van der Waals surface area contributed by atoms with Crippen LogP contribution in [0.2, 0.25) is 0 Å². The van der Waals surface area contributed by atoms with Crippen molar-refractivity contribution in [1.82, 2.24) is 4.73 Å². The number of carbonyl (C=O) groups is 1. The van der Waals surface area contributed by atoms with Gasteiger partial charge in [-0.1, -0.05) is 50.1 Å². The summed E-state index contributed by atoms with van der Waals surface area (Å²) >= 11 is 0. The molecule has 5 N–H and O–H groups in total. The lowest BCUT2D eigenvalue weighted by atomic mass is 9.99. The highest BCUT2D eigenvalue weighted by Gasteiger charge is 2.46. The Morgan fingerprint density at radius 1 is 1.15 bits per heavy atom. The Bertz CT molecular complexity index is 1260. The largest absolute Gasteiger partial charge is 0.508 e. The van der Waals surface area contributed by atoms with Crippen molar-refractivity contribution in [2.75, 3.05) is 13.7 Å². The van der Waals surface area contributed by atoms with E-state index in [0.29, 0.717) is 10.3 Å². The predicted molar refractivity (Wildman–Crippen MR) is 141 cm³/mol. The Morgan fingerprint density at radius 2 is 1.82 bits per heavy atom. The first-order valence-corrected chi connectivity index (χ1v) is 12.5. The summed E-state index contributed by atoms with van der Waals surface area (Å²) < 4.78 is 11.2. The second-order valence-electron chi connectivity index (χ2n) is 9.45. The van der Waals surface area contributed by atoms with E-state index in [1.165, 1.54) is 37.5 Å². The van der Waals surface area contributed by atoms with Gasteiger partial charge < -0.3 is 39.8 Å². The highest BCUT2D eigenvalue weighted by atomic mass is 16.8. The number of allylic oxidation sites excluding steroid dienone is 4. The molecule has 0 bridgehead atoms. The van der Waals surface area contributed by atoms with Crippen LogP contribution in [0.25, 0.3) is 11.1 Å². The molecule has 1 saturated heterocycles. The van der Waals surface area contributed by atoms with Crippen LogP contribution in [0.4, 0.5) is 0 Å². The molecule has 0 saturated carbocycles. The molecule has 0 spiro atoms. The summed E-state index contributed by atoms with van der Waals surface area (Å²) in [6, 6.07) is 5.64. The third kappa shape index (κ3) is 6.75. The van der Waals surface area contributed by atoms with E-state index in [1.807, 2.05) is 26.8 Å². The van der Waals surface area contributed by atoms with Crippen molar-refractivity contribution in [3.8, 4) is 22.6 Å². The van der Waals surface area contributed by atoms with E-state index in [1.54, 1.807) is 0 Å². The first-order chi connectivity index (χ1) is 18.5. The van der Waals surface area contributed by atoms with Gasteiger partial charge in [0.05, 0.1) is 12.8 Å². The molecule has 0 amide bonds. The molecule has 0 unspecified atom stereocenters. The maximum atomic E-state index is 13.4. The third-order valence-corrected chi connectivity index (χ3v) is 6.58. The number of aromatic nitrogens is 1. The van der Waals surface area contributed by atoms with Crippen molar-refractivity contribution in [2.45, 2.75) is 57.9 Å². The number of nitrogens with zero attached hydrogens (tertiary/aromatic N) is 1. The molecule has 1 aromatic heterocycles. The zero-order valence-corrected chi connectivity index (χ0v) is 22.2. The molecule has 212 valence electrons. The van der Waals surface area contributed by atoms with Crippen molar-refractivity contribution in [1.29, 1.82) is 0 Å². The molecule has 0 aliphatic carbocycles. The lowest BCUT2D eigenvalue weighted by Crippen LogP contribution is -2.62. The van der Waals surface area contributed by atoms with Gasteiger partial charge in [0.1, 0.15) is 41.5 Å². The molecule has 6 atom stereocenters. The van der Waals surface area contributed by atoms with Crippen molar-refractivity contribution < 1.29 is 44.6 Å². The number of ether oxygens (including phenoxy) is 2. The molecule has 1 aliphatic heterocycles. The standard InChI is InChI=1S/C28H35NO10/c1-5-15(2)12-16(3)6-11-20(32)22-23(33)19(17-7-9-18(31)10-8-17)13-29(27(22)36)39-28-25(35)24(34)26(37-4)21(14-30)38-28/h6-13,15,21,24-26,28,30-31,33-35H,5,14H2,1-4H3/b11-6+,16-12+/t15-,21-,24-,25-,26-,28+/m1/s1. The second-order valence-corrected chi connectivity index (χ2v) is 9.45. The van der Waals surface area contributed by atoms with Crippen molar-refractivity contribution in [3.63, 3.8) is 0 Å². The van der Waals surface area contributed by atoms with Crippen LogP contribution in [0.3, 0.4) is 0 Å². The van der Waals surface area contributed by atoms with Crippen LogP contribution in [-0.4, -0.2) is 80.5 Å². The first-order valence-electron chi connectivity index (χ1n) is 12.5. The molecule has 11 nitrogen and oxygen atoms in total. The highest BCUT2D eigenvalue weighted by Crippen LogP contribution is 2.32. The number of aliphatic hydroxyl groups excluding tert-OH is 3. The number of carbonyl (C=O) groups excluding carboxylic acids is 1. The quantitative estimate of drug-likeness (QED) is 0.168. The minimum absolute atomic E-state index is 0.0116. The van der Waals surface area contributed by atoms with Crippen LogP contribution in [0.1, 0.15) is 37.6 Å². The molecule has 11 heteroatoms. The summed E-state index contributed by atoms with van der Waals surface area (Å²) in [6.07, 6.45) is -0.352. The molecule has 2 aromatic rings. The number of rotatable bonds is 10. The first kappa shape index (κ1) is 30.1. The van der Waals surface area contributed by atoms with Gasteiger partial charge >= 0.3 is 0 Å². The van der Waals surface area contributed by atoms with Crippen LogP contribution in [-0.2, 0) is 9.47 Å². The molecule has 1 aromatic carbocycles. The van der Waals surface area contributed by atoms with Gasteiger partial charge in [-0.3, -0.25) is 9.59 Å². The normalized spacial score (nSPS) is 24.6. The lowest BCUT2D eigenvalue weighted by Gasteiger charge is -2.40. The van der Waals surface area contributed by atoms with E-state index < -0.39 is 60.0 Å². The number of ketones is 1. The van der Waals surface area contributed by atoms with E-state index >= 15 is 0 Å². The monoisotopic (exact) mass is 545 g/mol. The van der Waals surface area contributed by atoms with Gasteiger partial charge in [-0.2, -0.15) is 0 Å². The number of aromatic hydroxyl groups is 2. The highest BCUT2D eigenvalue weighted by molar-refractivity contribution is 6.07. The van der Waals surface area contributed by atoms with Crippen LogP contribution in [0.15, 0.2) is 59.1 Å². The van der Waals surface area contributed by atoms with Gasteiger partial charge in [-0.25, -0.2) is 0 Å². The minimum atomic E-state index is -1.69. The number of aliphatic hydroxyl groups is 3. The summed E-state index contributed by atoms with van der Waals surface area (Å²) in [7, 11) is 1.27. The van der Waals surface area contributed by atoms with Crippen LogP contribution < -0.4 is 10.4 Å². The lowest BCUT2D eigenvalue weighted by molar-refractivity contribution is -0.304. The van der Waals surface area contributed by atoms with Crippen LogP contribution in [0.5, 0.6) is 11.5 Å². The number of pyridine rings is 1. The minimum Gasteiger partial charge on any atom is -0.508 e. The number of phenolic OH excluding ortho intramolecular Hbond substituents is 1. The van der Waals surface area contributed by atoms with Gasteiger partial charge in [-0.05, 0) is 36.6 Å². The van der Waals surface area contributed by atoms with E-state index in [-0.39, 0.29) is 17.2 Å². The zero-order valence-electron chi connectivity index (χ0n) is 22.2. The molecular formula is C28H35NO10. The molecule has 1 fully saturated rings. The molecule has 2 heterocycles. The van der Waals surface area contributed by atoms with E-state index in [9.17, 15) is 35.1 Å². The summed E-state index contributed by atoms with van der Waals surface area (Å²) in [5, 5.41) is 51.3. The van der Waals surface area contributed by atoms with Gasteiger partial charge in [0.15, 0.2) is 5.78 Å². The van der Waals surface area contributed by atoms with E-state index in [4.69, 9.17) is 14.3 Å². The smallest absolute Gasteiger partial charge is 0.298 e. The van der Waals surface area contributed by atoms with Crippen molar-refractivity contribution >= 4 is 5.78 Å². The Hall–Kier alpha value is -3.48. The van der Waals surface area contributed by atoms with Gasteiger partial charge in [0.25, 0.3) is 11.8 Å². The van der Waals surface area contributed by atoms with E-state index in [0.717, 1.165) is 24.3 Å². The van der Waals surface area contributed by atoms with Gasteiger partial charge in [-0.15, -0.1) is 4.73 Å². The fraction of sp³-hybridized carbons (Fsp3) is 0.429. The topological polar surface area (TPSA) is 168 Å². The van der Waals surface area contributed by atoms with Crippen LogP contribution >= 0.6 is 0 Å². The maximum absolute atomic E-state index is 13.4. The SMILES string of the molecule is CC[C@@H](C)/C=C(C)/C=C/C(=O)c1c(O)c(-c2ccc(O)cc2)cn(O[C@@H]2O[C@H](CO)[C@@H](OC)[C@H](O)[C@H]2O)c1=O. The number of hydrogen-bond acceptors (Lipinski definition) is 10. The fourth-order valence-corrected chi connectivity index (χ4v) is 4.19. The Kier molecular flexibility index (Phi) is 10.1. The molecule has 0 radical (unpaired) electrons. The van der Waals surface area contributed by atoms with E-state index in [2.05, 4.69) is 0 Å². The molecule has 1 aliphatic rings. The fourth-order valence-electron chi connectivity index (χ4n) is 4.19. The molecule has 39 heavy (non-hydrogen) atoms. The molecular weight excluding hydrogens is 510 g/mol. The average Bonchev–Trinajstić information content (AvgIpc) is 2.91. The number of methoxy groups -OCH3 is 1. The summed E-state index contributed by atoms with van der Waals surface area (Å²) in [6.45, 7) is 5.28. The molecule has 3 rings (SSSR count). The zero-order chi connectivity index (χ0) is 28.9. The number of phenols is 1. The average molecular weight is 546 g/mol. The predicted octanol–water partition coefficient (Wildman–Crippen LogP) is 1.54. The second kappa shape index (κ2) is 13.0. The van der Waals surface area contributed by atoms with Crippen LogP contribution in [0, 0.1) is 5.92 Å². The van der Waals surface area contributed by atoms with Crippen molar-refractivity contribution in [2.24, 2.45) is 5.92 Å². The summed E-state index contributed by atoms with van der Waals surface area (Å²) in [5.74, 6) is -1.17. The summed E-state index contributed by atoms with van der Waals surface area (Å²) in [5.41, 5.74) is -0.511. The van der Waals surface area contributed by atoms with Crippen molar-refractivity contribution in [3.05, 3.63) is 70.2 Å². The Morgan fingerprint density at radius 3 is 2.41 bits per heavy atom.